The second-order valence-electron chi connectivity index (χ2n) is 7.29. The second kappa shape index (κ2) is 8.02. The van der Waals surface area contributed by atoms with Gasteiger partial charge < -0.3 is 18.9 Å². The van der Waals surface area contributed by atoms with Crippen molar-refractivity contribution in [3.8, 4) is 0 Å². The summed E-state index contributed by atoms with van der Waals surface area (Å²) < 4.78 is 3.37. The minimum atomic E-state index is -0.290. The van der Waals surface area contributed by atoms with Crippen molar-refractivity contribution < 1.29 is 9.59 Å². The Morgan fingerprint density at radius 1 is 1.17 bits per heavy atom. The van der Waals surface area contributed by atoms with Gasteiger partial charge in [-0.2, -0.15) is 11.8 Å². The van der Waals surface area contributed by atoms with Crippen LogP contribution in [0.3, 0.4) is 0 Å². The molecule has 9 nitrogen and oxygen atoms in total. The van der Waals surface area contributed by atoms with Crippen LogP contribution in [0, 0.1) is 0 Å². The second-order valence-corrected chi connectivity index (χ2v) is 8.57. The fraction of sp³-hybridized carbons (Fsp3) is 0.526. The van der Waals surface area contributed by atoms with Gasteiger partial charge in [-0.25, -0.2) is 0 Å². The molecule has 2 aliphatic rings. The number of aromatic nitrogens is 4. The highest BCUT2D eigenvalue weighted by Gasteiger charge is 2.31. The van der Waals surface area contributed by atoms with E-state index < -0.39 is 0 Å². The number of rotatable bonds is 4. The van der Waals surface area contributed by atoms with Crippen LogP contribution in [0.1, 0.15) is 34.2 Å². The molecule has 0 atom stereocenters. The zero-order valence-corrected chi connectivity index (χ0v) is 17.4. The van der Waals surface area contributed by atoms with E-state index in [4.69, 9.17) is 0 Å². The van der Waals surface area contributed by atoms with Gasteiger partial charge in [0.05, 0.1) is 12.3 Å². The van der Waals surface area contributed by atoms with Gasteiger partial charge in [-0.3, -0.25) is 14.4 Å². The average Bonchev–Trinajstić information content (AvgIpc) is 3.20. The first-order chi connectivity index (χ1) is 14.0. The lowest BCUT2D eigenvalue weighted by Gasteiger charge is -2.32. The predicted molar refractivity (Wildman–Crippen MR) is 109 cm³/mol. The quantitative estimate of drug-likeness (QED) is 0.710. The number of hydrogen-bond acceptors (Lipinski definition) is 6. The number of pyridine rings is 1. The first-order valence-electron chi connectivity index (χ1n) is 9.72. The molecule has 0 saturated carbocycles. The number of carbonyl (C=O) groups is 2. The van der Waals surface area contributed by atoms with Gasteiger partial charge in [0, 0.05) is 39.4 Å². The molecule has 2 aromatic heterocycles. The van der Waals surface area contributed by atoms with E-state index >= 15 is 0 Å². The molecule has 2 amide bonds. The van der Waals surface area contributed by atoms with E-state index in [0.29, 0.717) is 44.9 Å². The molecule has 2 aromatic rings. The van der Waals surface area contributed by atoms with Gasteiger partial charge in [0.1, 0.15) is 11.9 Å². The van der Waals surface area contributed by atoms with Crippen molar-refractivity contribution in [1.82, 2.24) is 29.1 Å². The maximum atomic E-state index is 13.3. The van der Waals surface area contributed by atoms with Crippen molar-refractivity contribution in [2.24, 2.45) is 7.05 Å². The highest BCUT2D eigenvalue weighted by Crippen LogP contribution is 2.23. The van der Waals surface area contributed by atoms with Crippen LogP contribution in [0.4, 0.5) is 0 Å². The molecular formula is C19H24N6O3S. The van der Waals surface area contributed by atoms with Crippen molar-refractivity contribution in [3.63, 3.8) is 0 Å². The summed E-state index contributed by atoms with van der Waals surface area (Å²) in [6.07, 6.45) is 3.93. The lowest BCUT2D eigenvalue weighted by atomic mass is 9.95. The van der Waals surface area contributed by atoms with Gasteiger partial charge in [0.15, 0.2) is 5.82 Å². The van der Waals surface area contributed by atoms with Crippen LogP contribution in [0.5, 0.6) is 0 Å². The number of hydrogen-bond donors (Lipinski definition) is 0. The molecule has 0 saturated heterocycles. The minimum Gasteiger partial charge on any atom is -0.337 e. The average molecular weight is 417 g/mol. The van der Waals surface area contributed by atoms with E-state index in [1.807, 2.05) is 16.4 Å². The van der Waals surface area contributed by atoms with E-state index in [1.54, 1.807) is 36.2 Å². The van der Waals surface area contributed by atoms with Gasteiger partial charge in [-0.1, -0.05) is 6.92 Å². The third-order valence-electron chi connectivity index (χ3n) is 5.49. The van der Waals surface area contributed by atoms with E-state index in [1.165, 1.54) is 4.57 Å². The molecule has 10 heteroatoms. The molecule has 0 N–H and O–H groups in total. The summed E-state index contributed by atoms with van der Waals surface area (Å²) in [5.41, 5.74) is 1.59. The summed E-state index contributed by atoms with van der Waals surface area (Å²) in [6, 6.07) is 0. The molecule has 0 bridgehead atoms. The summed E-state index contributed by atoms with van der Waals surface area (Å²) in [5, 5.41) is 7.94. The topological polar surface area (TPSA) is 93.3 Å². The fourth-order valence-corrected chi connectivity index (χ4v) is 4.46. The van der Waals surface area contributed by atoms with Crippen molar-refractivity contribution in [2.75, 3.05) is 24.6 Å². The molecule has 0 fully saturated rings. The number of fused-ring (bicyclic) bond motifs is 2. The normalized spacial score (nSPS) is 15.8. The molecule has 154 valence electrons. The fourth-order valence-electron chi connectivity index (χ4n) is 3.90. The van der Waals surface area contributed by atoms with Gasteiger partial charge in [0.2, 0.25) is 5.91 Å². The molecule has 0 aromatic carbocycles. The predicted octanol–water partition coefficient (Wildman–Crippen LogP) is 0.271. The van der Waals surface area contributed by atoms with Crippen molar-refractivity contribution >= 4 is 23.6 Å². The first-order valence-corrected chi connectivity index (χ1v) is 10.9. The van der Waals surface area contributed by atoms with Crippen LogP contribution in [0.2, 0.25) is 0 Å². The van der Waals surface area contributed by atoms with Gasteiger partial charge in [0.25, 0.3) is 11.5 Å². The Balaban J connectivity index is 1.62. The maximum absolute atomic E-state index is 13.3. The summed E-state index contributed by atoms with van der Waals surface area (Å²) in [4.78, 5) is 42.1. The third-order valence-corrected chi connectivity index (χ3v) is 6.35. The molecule has 0 radical (unpaired) electrons. The largest absolute Gasteiger partial charge is 0.337 e. The number of thioether (sulfide) groups is 1. The first kappa shape index (κ1) is 19.7. The van der Waals surface area contributed by atoms with Crippen LogP contribution in [0.25, 0.3) is 0 Å². The molecule has 2 aliphatic heterocycles. The summed E-state index contributed by atoms with van der Waals surface area (Å²) in [5.74, 6) is 1.90. The molecule has 4 rings (SSSR count). The number of carbonyl (C=O) groups excluding carboxylic acids is 2. The maximum Gasteiger partial charge on any atom is 0.263 e. The van der Waals surface area contributed by atoms with E-state index in [9.17, 15) is 14.4 Å². The number of aryl methyl sites for hydroxylation is 1. The highest BCUT2D eigenvalue weighted by molar-refractivity contribution is 7.99. The highest BCUT2D eigenvalue weighted by atomic mass is 32.2. The Labute approximate surface area is 172 Å². The molecule has 0 spiro atoms. The lowest BCUT2D eigenvalue weighted by molar-refractivity contribution is -0.129. The summed E-state index contributed by atoms with van der Waals surface area (Å²) >= 11 is 1.60. The Morgan fingerprint density at radius 3 is 2.79 bits per heavy atom. The Bertz CT molecular complexity index is 1010. The molecular weight excluding hydrogens is 392 g/mol. The van der Waals surface area contributed by atoms with Crippen LogP contribution < -0.4 is 5.56 Å². The molecule has 0 unspecified atom stereocenters. The van der Waals surface area contributed by atoms with Crippen molar-refractivity contribution in [2.45, 2.75) is 33.0 Å². The third kappa shape index (κ3) is 3.68. The SMILES string of the molecule is CCSCC(=O)N1CCc2c(cn(C)c(=O)c2C(=O)N2CCn3cnnc3C2)C1. The van der Waals surface area contributed by atoms with Crippen molar-refractivity contribution in [1.29, 1.82) is 0 Å². The Hall–Kier alpha value is -2.62. The standard InChI is InChI=1S/C19H24N6O3S/c1-3-29-11-16(26)23-5-4-14-13(9-23)8-22(2)18(27)17(14)19(28)24-6-7-25-12-20-21-15(25)10-24/h8,12H,3-7,9-11H2,1-2H3. The Kier molecular flexibility index (Phi) is 5.44. The van der Waals surface area contributed by atoms with Crippen LogP contribution in [-0.2, 0) is 37.9 Å². The smallest absolute Gasteiger partial charge is 0.263 e. The van der Waals surface area contributed by atoms with Crippen LogP contribution >= 0.6 is 11.8 Å². The van der Waals surface area contributed by atoms with Crippen LogP contribution in [-0.4, -0.2) is 65.5 Å². The van der Waals surface area contributed by atoms with E-state index in [2.05, 4.69) is 10.2 Å². The van der Waals surface area contributed by atoms with Gasteiger partial charge in [-0.05, 0) is 23.3 Å². The van der Waals surface area contributed by atoms with E-state index in [-0.39, 0.29) is 22.9 Å². The van der Waals surface area contributed by atoms with E-state index in [0.717, 1.165) is 22.7 Å². The zero-order valence-electron chi connectivity index (χ0n) is 16.6. The lowest BCUT2D eigenvalue weighted by Crippen LogP contribution is -2.44. The molecule has 29 heavy (non-hydrogen) atoms. The molecule has 0 aliphatic carbocycles. The monoisotopic (exact) mass is 416 g/mol. The molecule has 4 heterocycles. The number of amides is 2. The zero-order chi connectivity index (χ0) is 20.5. The number of nitrogens with zero attached hydrogens (tertiary/aromatic N) is 6. The van der Waals surface area contributed by atoms with Crippen molar-refractivity contribution in [3.05, 3.63) is 45.4 Å². The summed E-state index contributed by atoms with van der Waals surface area (Å²) in [7, 11) is 1.65. The summed E-state index contributed by atoms with van der Waals surface area (Å²) in [6.45, 7) is 4.44. The van der Waals surface area contributed by atoms with Gasteiger partial charge >= 0.3 is 0 Å². The minimum absolute atomic E-state index is 0.0968. The van der Waals surface area contributed by atoms with Crippen LogP contribution in [0.15, 0.2) is 17.3 Å². The van der Waals surface area contributed by atoms with Gasteiger partial charge in [-0.15, -0.1) is 10.2 Å². The Morgan fingerprint density at radius 2 is 2.00 bits per heavy atom.